The first-order valence-corrected chi connectivity index (χ1v) is 10.6. The molecule has 1 aliphatic heterocycles. The van der Waals surface area contributed by atoms with Crippen LogP contribution in [0.25, 0.3) is 11.2 Å². The quantitative estimate of drug-likeness (QED) is 0.460. The Morgan fingerprint density at radius 3 is 2.69 bits per heavy atom. The Balaban J connectivity index is 1.22. The lowest BCUT2D eigenvalue weighted by Gasteiger charge is -2.35. The molecule has 1 N–H and O–H groups in total. The lowest BCUT2D eigenvalue weighted by Crippen LogP contribution is -2.31. The first kappa shape index (κ1) is 18.9. The van der Waals surface area contributed by atoms with Crippen LogP contribution < -0.4 is 4.74 Å². The maximum Gasteiger partial charge on any atom is 0.339 e. The Kier molecular flexibility index (Phi) is 4.21. The molecule has 3 heterocycles. The van der Waals surface area contributed by atoms with Gasteiger partial charge < -0.3 is 14.5 Å². The normalized spacial score (nSPS) is 22.2. The Hall–Kier alpha value is -3.81. The van der Waals surface area contributed by atoms with Crippen LogP contribution in [-0.2, 0) is 10.3 Å². The summed E-state index contributed by atoms with van der Waals surface area (Å²) >= 11 is 0. The zero-order chi connectivity index (χ0) is 21.7. The number of esters is 1. The molecule has 7 nitrogen and oxygen atoms in total. The van der Waals surface area contributed by atoms with E-state index in [0.29, 0.717) is 16.7 Å². The largest absolute Gasteiger partial charge is 0.451 e. The number of nitrogens with one attached hydrogen (secondary N) is 1. The predicted octanol–water partition coefficient (Wildman–Crippen LogP) is 5.01. The molecule has 0 unspecified atom stereocenters. The highest BCUT2D eigenvalue weighted by atomic mass is 19.1. The Bertz CT molecular complexity index is 1340. The Morgan fingerprint density at radius 2 is 1.84 bits per heavy atom. The summed E-state index contributed by atoms with van der Waals surface area (Å²) < 4.78 is 25.2. The summed E-state index contributed by atoms with van der Waals surface area (Å²) in [5.74, 6) is 0.360. The van der Waals surface area contributed by atoms with Crippen LogP contribution in [-0.4, -0.2) is 25.9 Å². The number of halogens is 1. The standard InChI is InChI=1S/C24H19FN4O3/c25-17-7-3-4-8-19(17)31-23-26-13-18-21(29-23)28-20(27-18)14-9-11-24(12-10-14)16-6-2-1-5-15(16)22(30)32-24/h1-8,13-14H,9-12H2,(H,26,27,28,29)/t14-,24-. The summed E-state index contributed by atoms with van der Waals surface area (Å²) in [4.78, 5) is 28.7. The van der Waals surface area contributed by atoms with Crippen LogP contribution in [0.15, 0.2) is 54.7 Å². The Labute approximate surface area is 182 Å². The van der Waals surface area contributed by atoms with Gasteiger partial charge in [0.05, 0.1) is 11.8 Å². The van der Waals surface area contributed by atoms with Crippen LogP contribution in [0.3, 0.4) is 0 Å². The molecule has 2 aromatic heterocycles. The number of nitrogens with zero attached hydrogens (tertiary/aromatic N) is 3. The van der Waals surface area contributed by atoms with Crippen molar-refractivity contribution in [2.24, 2.45) is 0 Å². The number of ether oxygens (including phenoxy) is 2. The number of H-pyrrole nitrogens is 1. The number of imidazole rings is 1. The van der Waals surface area contributed by atoms with Crippen molar-refractivity contribution >= 4 is 17.1 Å². The topological polar surface area (TPSA) is 90.0 Å². The van der Waals surface area contributed by atoms with Crippen molar-refractivity contribution in [2.75, 3.05) is 0 Å². The number of carbonyl (C=O) groups is 1. The van der Waals surface area contributed by atoms with Crippen LogP contribution in [0.5, 0.6) is 11.8 Å². The average Bonchev–Trinajstić information content (AvgIpc) is 3.35. The van der Waals surface area contributed by atoms with Gasteiger partial charge >= 0.3 is 12.0 Å². The fraction of sp³-hybridized carbons (Fsp3) is 0.250. The van der Waals surface area contributed by atoms with Gasteiger partial charge in [0.1, 0.15) is 16.9 Å². The van der Waals surface area contributed by atoms with Crippen molar-refractivity contribution in [1.82, 2.24) is 19.9 Å². The van der Waals surface area contributed by atoms with E-state index in [-0.39, 0.29) is 23.6 Å². The predicted molar refractivity (Wildman–Crippen MR) is 113 cm³/mol. The number of para-hydroxylation sites is 1. The van der Waals surface area contributed by atoms with Crippen molar-refractivity contribution < 1.29 is 18.7 Å². The lowest BCUT2D eigenvalue weighted by molar-refractivity contribution is -0.0312. The molecule has 0 atom stereocenters. The van der Waals surface area contributed by atoms with Gasteiger partial charge in [-0.1, -0.05) is 30.3 Å². The monoisotopic (exact) mass is 430 g/mol. The molecule has 8 heteroatoms. The van der Waals surface area contributed by atoms with E-state index < -0.39 is 11.4 Å². The number of aromatic amines is 1. The van der Waals surface area contributed by atoms with Crippen LogP contribution in [0.1, 0.15) is 53.3 Å². The van der Waals surface area contributed by atoms with E-state index in [9.17, 15) is 9.18 Å². The minimum Gasteiger partial charge on any atom is -0.451 e. The SMILES string of the molecule is O=C1O[C@]2(CC[C@H](c3nc4nc(Oc5ccccc5F)ncc4[nH]3)CC2)c2ccccc21. The van der Waals surface area contributed by atoms with Gasteiger partial charge in [0.15, 0.2) is 17.2 Å². The van der Waals surface area contributed by atoms with Crippen molar-refractivity contribution in [1.29, 1.82) is 0 Å². The molecule has 6 rings (SSSR count). The first-order chi connectivity index (χ1) is 15.6. The molecular formula is C24H19FN4O3. The molecule has 1 aliphatic carbocycles. The number of carbonyl (C=O) groups excluding carboxylic acids is 1. The highest BCUT2D eigenvalue weighted by Gasteiger charge is 2.47. The number of aromatic nitrogens is 4. The zero-order valence-electron chi connectivity index (χ0n) is 17.0. The van der Waals surface area contributed by atoms with Crippen LogP contribution in [0.4, 0.5) is 4.39 Å². The summed E-state index contributed by atoms with van der Waals surface area (Å²) in [7, 11) is 0. The number of benzene rings is 2. The fourth-order valence-corrected chi connectivity index (χ4v) is 4.75. The van der Waals surface area contributed by atoms with Crippen molar-refractivity contribution in [3.05, 3.63) is 77.5 Å². The van der Waals surface area contributed by atoms with Gasteiger partial charge in [-0.2, -0.15) is 4.98 Å². The van der Waals surface area contributed by atoms with Gasteiger partial charge in [-0.3, -0.25) is 0 Å². The average molecular weight is 430 g/mol. The third kappa shape index (κ3) is 3.02. The summed E-state index contributed by atoms with van der Waals surface area (Å²) in [5, 5.41) is 0. The highest BCUT2D eigenvalue weighted by molar-refractivity contribution is 5.94. The molecule has 2 aromatic carbocycles. The minimum absolute atomic E-state index is 0.0396. The number of fused-ring (bicyclic) bond motifs is 3. The third-order valence-electron chi connectivity index (χ3n) is 6.38. The molecule has 0 saturated heterocycles. The molecule has 32 heavy (non-hydrogen) atoms. The second kappa shape index (κ2) is 7.12. The molecule has 1 spiro atoms. The van der Waals surface area contributed by atoms with Gasteiger partial charge in [0.25, 0.3) is 0 Å². The molecule has 1 fully saturated rings. The highest BCUT2D eigenvalue weighted by Crippen LogP contribution is 2.49. The summed E-state index contributed by atoms with van der Waals surface area (Å²) in [6.45, 7) is 0. The minimum atomic E-state index is -0.531. The molecule has 0 radical (unpaired) electrons. The van der Waals surface area contributed by atoms with Gasteiger partial charge in [-0.15, -0.1) is 0 Å². The smallest absolute Gasteiger partial charge is 0.339 e. The number of hydrogen-bond acceptors (Lipinski definition) is 6. The third-order valence-corrected chi connectivity index (χ3v) is 6.38. The Morgan fingerprint density at radius 1 is 1.06 bits per heavy atom. The summed E-state index contributed by atoms with van der Waals surface area (Å²) in [6, 6.07) is 13.8. The molecular weight excluding hydrogens is 411 g/mol. The number of rotatable bonds is 3. The molecule has 1 saturated carbocycles. The van der Waals surface area contributed by atoms with Crippen LogP contribution in [0, 0.1) is 5.82 Å². The first-order valence-electron chi connectivity index (χ1n) is 10.6. The van der Waals surface area contributed by atoms with E-state index >= 15 is 0 Å². The van der Waals surface area contributed by atoms with Crippen molar-refractivity contribution in [3.63, 3.8) is 0 Å². The maximum absolute atomic E-state index is 13.8. The molecule has 0 amide bonds. The zero-order valence-corrected chi connectivity index (χ0v) is 17.0. The van der Waals surface area contributed by atoms with E-state index in [1.165, 1.54) is 12.1 Å². The van der Waals surface area contributed by atoms with Crippen molar-refractivity contribution in [2.45, 2.75) is 37.2 Å². The van der Waals surface area contributed by atoms with Gasteiger partial charge in [-0.05, 0) is 43.9 Å². The molecule has 0 bridgehead atoms. The fourth-order valence-electron chi connectivity index (χ4n) is 4.75. The van der Waals surface area contributed by atoms with E-state index in [0.717, 1.165) is 37.1 Å². The van der Waals surface area contributed by atoms with Gasteiger partial charge in [0, 0.05) is 11.5 Å². The molecule has 160 valence electrons. The molecule has 4 aromatic rings. The second-order valence-electron chi connectivity index (χ2n) is 8.25. The summed E-state index contributed by atoms with van der Waals surface area (Å²) in [6.07, 6.45) is 4.73. The van der Waals surface area contributed by atoms with Crippen LogP contribution >= 0.6 is 0 Å². The van der Waals surface area contributed by atoms with E-state index in [2.05, 4.69) is 19.9 Å². The van der Waals surface area contributed by atoms with Gasteiger partial charge in [0.2, 0.25) is 0 Å². The maximum atomic E-state index is 13.8. The summed E-state index contributed by atoms with van der Waals surface area (Å²) in [5.41, 5.74) is 2.30. The van der Waals surface area contributed by atoms with Crippen LogP contribution in [0.2, 0.25) is 0 Å². The van der Waals surface area contributed by atoms with Crippen molar-refractivity contribution in [3.8, 4) is 11.8 Å². The molecule has 2 aliphatic rings. The van der Waals surface area contributed by atoms with E-state index in [1.54, 1.807) is 18.3 Å². The second-order valence-corrected chi connectivity index (χ2v) is 8.25. The van der Waals surface area contributed by atoms with E-state index in [4.69, 9.17) is 9.47 Å². The van der Waals surface area contributed by atoms with Gasteiger partial charge in [-0.25, -0.2) is 19.2 Å². The van der Waals surface area contributed by atoms with E-state index in [1.807, 2.05) is 24.3 Å². The lowest BCUT2D eigenvalue weighted by atomic mass is 9.75. The number of hydrogen-bond donors (Lipinski definition) is 1.